The largest absolute Gasteiger partial charge is 0.319 e. The summed E-state index contributed by atoms with van der Waals surface area (Å²) in [6, 6.07) is 0. The van der Waals surface area contributed by atoms with E-state index in [1.165, 1.54) is 0 Å². The van der Waals surface area contributed by atoms with Crippen molar-refractivity contribution >= 4 is 19.9 Å². The molecule has 5 nitrogen and oxygen atoms in total. The van der Waals surface area contributed by atoms with Crippen molar-refractivity contribution in [3.8, 4) is 0 Å². The molecule has 0 fully saturated rings. The third kappa shape index (κ3) is 12.6. The maximum atomic E-state index is 10.6. The van der Waals surface area contributed by atoms with Crippen LogP contribution in [0.15, 0.2) is 0 Å². The van der Waals surface area contributed by atoms with Gasteiger partial charge >= 0.3 is 9.15 Å². The maximum absolute atomic E-state index is 10.6. The van der Waals surface area contributed by atoms with Gasteiger partial charge in [-0.1, -0.05) is 0 Å². The lowest BCUT2D eigenvalue weighted by molar-refractivity contribution is 0.393. The van der Waals surface area contributed by atoms with E-state index in [-0.39, 0.29) is 11.1 Å². The van der Waals surface area contributed by atoms with Crippen LogP contribution in [0.4, 0.5) is 0 Å². The summed E-state index contributed by atoms with van der Waals surface area (Å²) in [5.74, 6) is 0.318. The highest BCUT2D eigenvalue weighted by atomic mass is 33.1. The van der Waals surface area contributed by atoms with Gasteiger partial charge in [0, 0.05) is 16.8 Å². The van der Waals surface area contributed by atoms with Crippen molar-refractivity contribution in [2.45, 2.75) is 52.1 Å². The van der Waals surface area contributed by atoms with Crippen molar-refractivity contribution in [2.24, 2.45) is 0 Å². The highest BCUT2D eigenvalue weighted by Crippen LogP contribution is 2.17. The van der Waals surface area contributed by atoms with Crippen LogP contribution in [0.1, 0.15) is 41.0 Å². The van der Waals surface area contributed by atoms with Crippen LogP contribution < -0.4 is 10.6 Å². The second-order valence-electron chi connectivity index (χ2n) is 6.03. The van der Waals surface area contributed by atoms with Crippen LogP contribution in [0.25, 0.3) is 0 Å². The van der Waals surface area contributed by atoms with Gasteiger partial charge in [-0.05, 0) is 64.9 Å². The van der Waals surface area contributed by atoms with E-state index in [4.69, 9.17) is 4.55 Å². The summed E-state index contributed by atoms with van der Waals surface area (Å²) < 4.78 is 30.0. The van der Waals surface area contributed by atoms with E-state index >= 15 is 0 Å². The van der Waals surface area contributed by atoms with E-state index in [1.807, 2.05) is 13.8 Å². The van der Waals surface area contributed by atoms with Crippen LogP contribution in [0.5, 0.6) is 0 Å². The molecule has 0 aromatic heterocycles. The molecule has 0 bridgehead atoms. The maximum Gasteiger partial charge on any atom is 0.319 e. The highest BCUT2D eigenvalue weighted by molar-refractivity contribution is 8.69. The zero-order chi connectivity index (χ0) is 14.4. The smallest absolute Gasteiger partial charge is 0.312 e. The topological polar surface area (TPSA) is 78.4 Å². The summed E-state index contributed by atoms with van der Waals surface area (Å²) in [6.07, 6.45) is 0.969. The van der Waals surface area contributed by atoms with E-state index in [9.17, 15) is 8.42 Å². The van der Waals surface area contributed by atoms with Gasteiger partial charge in [-0.3, -0.25) is 4.55 Å². The van der Waals surface area contributed by atoms with Crippen LogP contribution in [-0.4, -0.2) is 42.9 Å². The third-order valence-electron chi connectivity index (χ3n) is 2.18. The third-order valence-corrected chi connectivity index (χ3v) is 4.57. The van der Waals surface area contributed by atoms with Crippen LogP contribution in [0.3, 0.4) is 0 Å². The monoisotopic (exact) mass is 298 g/mol. The molecule has 0 saturated carbocycles. The van der Waals surface area contributed by atoms with E-state index < -0.39 is 9.15 Å². The Hall–Kier alpha value is 0.180. The minimum atomic E-state index is -3.95. The molecule has 0 heterocycles. The Balaban J connectivity index is 3.77. The molecule has 0 radical (unpaired) electrons. The van der Waals surface area contributed by atoms with Gasteiger partial charge in [-0.2, -0.15) is 8.42 Å². The van der Waals surface area contributed by atoms with Crippen molar-refractivity contribution in [1.82, 2.24) is 10.6 Å². The summed E-state index contributed by atoms with van der Waals surface area (Å²) >= 11 is 0. The highest BCUT2D eigenvalue weighted by Gasteiger charge is 2.20. The Morgan fingerprint density at radius 2 is 1.56 bits per heavy atom. The molecule has 7 heteroatoms. The molecule has 0 aromatic rings. The molecule has 0 aliphatic carbocycles. The quantitative estimate of drug-likeness (QED) is 0.359. The normalized spacial score (nSPS) is 13.9. The lowest BCUT2D eigenvalue weighted by atomic mass is 10.1. The van der Waals surface area contributed by atoms with Crippen molar-refractivity contribution in [3.05, 3.63) is 0 Å². The predicted molar refractivity (Wildman–Crippen MR) is 78.5 cm³/mol. The average molecular weight is 298 g/mol. The number of hydrogen-bond acceptors (Lipinski definition) is 5. The molecule has 0 amide bonds. The molecular weight excluding hydrogens is 272 g/mol. The molecule has 0 aromatic carbocycles. The van der Waals surface area contributed by atoms with E-state index in [1.54, 1.807) is 0 Å². The van der Waals surface area contributed by atoms with Gasteiger partial charge in [0.2, 0.25) is 0 Å². The molecule has 0 unspecified atom stereocenters. The van der Waals surface area contributed by atoms with E-state index in [2.05, 4.69) is 31.4 Å². The Morgan fingerprint density at radius 1 is 1.06 bits per heavy atom. The van der Waals surface area contributed by atoms with Crippen LogP contribution in [0, 0.1) is 0 Å². The Morgan fingerprint density at radius 3 is 2.00 bits per heavy atom. The molecule has 0 aliphatic rings. The van der Waals surface area contributed by atoms with E-state index in [0.29, 0.717) is 16.5 Å². The first-order valence-corrected chi connectivity index (χ1v) is 8.97. The molecule has 3 N–H and O–H groups in total. The summed E-state index contributed by atoms with van der Waals surface area (Å²) in [4.78, 5) is 0. The van der Waals surface area contributed by atoms with Crippen LogP contribution in [-0.2, 0) is 9.15 Å². The second kappa shape index (κ2) is 7.09. The fourth-order valence-corrected chi connectivity index (χ4v) is 3.13. The minimum absolute atomic E-state index is 0.121. The van der Waals surface area contributed by atoms with Crippen LogP contribution >= 0.6 is 10.8 Å². The van der Waals surface area contributed by atoms with Gasteiger partial charge in [0.25, 0.3) is 0 Å². The molecule has 0 aliphatic heterocycles. The van der Waals surface area contributed by atoms with Crippen molar-refractivity contribution in [1.29, 1.82) is 0 Å². The molecular formula is C11H26N2O3S2. The number of rotatable bonds is 8. The fourth-order valence-electron chi connectivity index (χ4n) is 1.25. The summed E-state index contributed by atoms with van der Waals surface area (Å²) in [5.41, 5.74) is -0.196. The Bertz CT molecular complexity index is 335. The first-order chi connectivity index (χ1) is 7.91. The first-order valence-electron chi connectivity index (χ1n) is 6.03. The summed E-state index contributed by atoms with van der Waals surface area (Å²) in [5, 5.41) is 6.66. The van der Waals surface area contributed by atoms with Crippen molar-refractivity contribution < 1.29 is 13.0 Å². The zero-order valence-electron chi connectivity index (χ0n) is 11.9. The van der Waals surface area contributed by atoms with E-state index in [0.717, 1.165) is 19.5 Å². The summed E-state index contributed by atoms with van der Waals surface area (Å²) in [7, 11) is -3.39. The van der Waals surface area contributed by atoms with Crippen molar-refractivity contribution in [2.75, 3.05) is 18.8 Å². The van der Waals surface area contributed by atoms with Gasteiger partial charge in [-0.25, -0.2) is 0 Å². The first kappa shape index (κ1) is 18.2. The molecule has 18 heavy (non-hydrogen) atoms. The van der Waals surface area contributed by atoms with Crippen molar-refractivity contribution in [3.63, 3.8) is 0 Å². The zero-order valence-corrected chi connectivity index (χ0v) is 13.5. The molecule has 110 valence electrons. The van der Waals surface area contributed by atoms with Crippen LogP contribution in [0.2, 0.25) is 0 Å². The van der Waals surface area contributed by atoms with Gasteiger partial charge < -0.3 is 10.6 Å². The molecule has 0 spiro atoms. The Kier molecular flexibility index (Phi) is 7.16. The van der Waals surface area contributed by atoms with Gasteiger partial charge in [0.15, 0.2) is 0 Å². The second-order valence-corrected chi connectivity index (χ2v) is 9.38. The minimum Gasteiger partial charge on any atom is -0.312 e. The lowest BCUT2D eigenvalue weighted by Gasteiger charge is -2.26. The van der Waals surface area contributed by atoms with Gasteiger partial charge in [0.1, 0.15) is 0 Å². The molecule has 0 atom stereocenters. The number of nitrogens with one attached hydrogen (secondary N) is 2. The predicted octanol–water partition coefficient (Wildman–Crippen LogP) is 1.67. The lowest BCUT2D eigenvalue weighted by Crippen LogP contribution is -2.44. The number of hydrogen-bond donors (Lipinski definition) is 3. The average Bonchev–Trinajstić information content (AvgIpc) is 2.11. The van der Waals surface area contributed by atoms with Gasteiger partial charge in [-0.15, -0.1) is 0 Å². The Labute approximate surface area is 115 Å². The van der Waals surface area contributed by atoms with Gasteiger partial charge in [0.05, 0.1) is 0 Å². The fraction of sp³-hybridized carbons (Fsp3) is 1.00. The SMILES string of the molecule is CC(C)(C)NCCCNC(C)(C)CSS(=O)(=O)O. The molecule has 0 saturated heterocycles. The summed E-state index contributed by atoms with van der Waals surface area (Å²) in [6.45, 7) is 11.9. The standard InChI is InChI=1S/C11H26N2O3S2/c1-10(2,3)12-7-6-8-13-11(4,5)9-17-18(14,15)16/h12-13H,6-9H2,1-5H3,(H,14,15,16). The molecule has 0 rings (SSSR count).